The molecule has 0 atom stereocenters. The van der Waals surface area contributed by atoms with Crippen molar-refractivity contribution in [2.45, 2.75) is 0 Å². The fourth-order valence-electron chi connectivity index (χ4n) is 2.90. The molecule has 6 nitrogen and oxygen atoms in total. The van der Waals surface area contributed by atoms with Crippen LogP contribution in [0.1, 0.15) is 10.4 Å². The molecular weight excluding hydrogens is 380 g/mol. The van der Waals surface area contributed by atoms with E-state index in [4.69, 9.17) is 25.8 Å². The summed E-state index contributed by atoms with van der Waals surface area (Å²) in [6.07, 6.45) is 3.75. The standard InChI is InChI=1S/C21H21ClN2O4/c1-23(14-7-8-18(26-2)20(11-14)28-4)21(25)15-12-16(22)17(13-19(15)27-3)24-9-5-6-10-24/h5-13H,1-4H3. The van der Waals surface area contributed by atoms with E-state index in [1.54, 1.807) is 51.6 Å². The van der Waals surface area contributed by atoms with Gasteiger partial charge in [-0.15, -0.1) is 0 Å². The van der Waals surface area contributed by atoms with E-state index < -0.39 is 0 Å². The topological polar surface area (TPSA) is 52.9 Å². The Balaban J connectivity index is 1.99. The van der Waals surface area contributed by atoms with E-state index in [2.05, 4.69) is 0 Å². The Morgan fingerprint density at radius 2 is 1.57 bits per heavy atom. The molecule has 0 saturated heterocycles. The molecule has 7 heteroatoms. The molecule has 1 amide bonds. The van der Waals surface area contributed by atoms with E-state index >= 15 is 0 Å². The molecule has 0 N–H and O–H groups in total. The number of ether oxygens (including phenoxy) is 3. The predicted octanol–water partition coefficient (Wildman–Crippen LogP) is 4.43. The van der Waals surface area contributed by atoms with Gasteiger partial charge in [-0.1, -0.05) is 11.6 Å². The van der Waals surface area contributed by atoms with Crippen LogP contribution in [0.15, 0.2) is 54.9 Å². The van der Waals surface area contributed by atoms with Crippen LogP contribution in [0.2, 0.25) is 5.02 Å². The van der Waals surface area contributed by atoms with Gasteiger partial charge in [0, 0.05) is 37.3 Å². The average molecular weight is 401 g/mol. The number of carbonyl (C=O) groups is 1. The lowest BCUT2D eigenvalue weighted by Crippen LogP contribution is -2.26. The Morgan fingerprint density at radius 1 is 0.929 bits per heavy atom. The summed E-state index contributed by atoms with van der Waals surface area (Å²) in [6.45, 7) is 0. The third-order valence-electron chi connectivity index (χ3n) is 4.44. The molecule has 2 aromatic carbocycles. The zero-order valence-electron chi connectivity index (χ0n) is 16.1. The van der Waals surface area contributed by atoms with Gasteiger partial charge in [-0.25, -0.2) is 0 Å². The first-order chi connectivity index (χ1) is 13.5. The van der Waals surface area contributed by atoms with Crippen molar-refractivity contribution < 1.29 is 19.0 Å². The fourth-order valence-corrected chi connectivity index (χ4v) is 3.16. The molecule has 0 aliphatic rings. The van der Waals surface area contributed by atoms with Gasteiger partial charge >= 0.3 is 0 Å². The number of nitrogens with zero attached hydrogens (tertiary/aromatic N) is 2. The maximum atomic E-state index is 13.1. The average Bonchev–Trinajstić information content (AvgIpc) is 3.26. The summed E-state index contributed by atoms with van der Waals surface area (Å²) >= 11 is 6.45. The Hall–Kier alpha value is -3.12. The predicted molar refractivity (Wildman–Crippen MR) is 110 cm³/mol. The van der Waals surface area contributed by atoms with Crippen molar-refractivity contribution in [3.05, 3.63) is 65.4 Å². The number of amides is 1. The van der Waals surface area contributed by atoms with Gasteiger partial charge < -0.3 is 23.7 Å². The first-order valence-electron chi connectivity index (χ1n) is 8.51. The molecule has 28 heavy (non-hydrogen) atoms. The first kappa shape index (κ1) is 19.6. The monoisotopic (exact) mass is 400 g/mol. The van der Waals surface area contributed by atoms with Crippen molar-refractivity contribution in [1.29, 1.82) is 0 Å². The minimum absolute atomic E-state index is 0.259. The highest BCUT2D eigenvalue weighted by Gasteiger charge is 2.21. The minimum atomic E-state index is -0.259. The Morgan fingerprint density at radius 3 is 2.18 bits per heavy atom. The number of methoxy groups -OCH3 is 3. The Kier molecular flexibility index (Phi) is 5.80. The highest BCUT2D eigenvalue weighted by Crippen LogP contribution is 2.34. The molecule has 1 aromatic heterocycles. The number of hydrogen-bond donors (Lipinski definition) is 0. The number of carbonyl (C=O) groups excluding carboxylic acids is 1. The molecular formula is C21H21ClN2O4. The van der Waals surface area contributed by atoms with Crippen molar-refractivity contribution in [3.8, 4) is 22.9 Å². The molecule has 3 rings (SSSR count). The molecule has 1 heterocycles. The lowest BCUT2D eigenvalue weighted by molar-refractivity contribution is 0.0990. The van der Waals surface area contributed by atoms with Crippen molar-refractivity contribution in [2.24, 2.45) is 0 Å². The van der Waals surface area contributed by atoms with Gasteiger partial charge in [0.2, 0.25) is 0 Å². The van der Waals surface area contributed by atoms with Gasteiger partial charge in [-0.05, 0) is 30.3 Å². The summed E-state index contributed by atoms with van der Waals surface area (Å²) in [5, 5.41) is 0.445. The number of hydrogen-bond acceptors (Lipinski definition) is 4. The number of aromatic nitrogens is 1. The van der Waals surface area contributed by atoms with E-state index in [1.165, 1.54) is 12.0 Å². The van der Waals surface area contributed by atoms with Crippen LogP contribution in [0.5, 0.6) is 17.2 Å². The zero-order valence-corrected chi connectivity index (χ0v) is 16.9. The molecule has 0 fully saturated rings. The zero-order chi connectivity index (χ0) is 20.3. The largest absolute Gasteiger partial charge is 0.496 e. The SMILES string of the molecule is COc1ccc(N(C)C(=O)c2cc(Cl)c(-n3cccc3)cc2OC)cc1OC. The quantitative estimate of drug-likeness (QED) is 0.614. The van der Waals surface area contributed by atoms with Gasteiger partial charge in [0.25, 0.3) is 5.91 Å². The number of rotatable bonds is 6. The number of halogens is 1. The third kappa shape index (κ3) is 3.64. The van der Waals surface area contributed by atoms with E-state index in [0.29, 0.717) is 33.5 Å². The summed E-state index contributed by atoms with van der Waals surface area (Å²) in [4.78, 5) is 14.6. The van der Waals surface area contributed by atoms with Crippen LogP contribution in [0.3, 0.4) is 0 Å². The first-order valence-corrected chi connectivity index (χ1v) is 8.89. The molecule has 146 valence electrons. The Bertz CT molecular complexity index is 986. The van der Waals surface area contributed by atoms with Crippen LogP contribution in [-0.4, -0.2) is 38.9 Å². The molecule has 0 bridgehead atoms. The normalized spacial score (nSPS) is 10.5. The fraction of sp³-hybridized carbons (Fsp3) is 0.190. The lowest BCUT2D eigenvalue weighted by Gasteiger charge is -2.21. The summed E-state index contributed by atoms with van der Waals surface area (Å²) in [5.41, 5.74) is 1.74. The van der Waals surface area contributed by atoms with Crippen molar-refractivity contribution in [1.82, 2.24) is 4.57 Å². The van der Waals surface area contributed by atoms with Crippen molar-refractivity contribution >= 4 is 23.2 Å². The van der Waals surface area contributed by atoms with Gasteiger partial charge in [0.05, 0.1) is 37.6 Å². The van der Waals surface area contributed by atoms with Crippen LogP contribution in [0.25, 0.3) is 5.69 Å². The highest BCUT2D eigenvalue weighted by molar-refractivity contribution is 6.33. The minimum Gasteiger partial charge on any atom is -0.496 e. The van der Waals surface area contributed by atoms with Gasteiger partial charge in [-0.2, -0.15) is 0 Å². The van der Waals surface area contributed by atoms with Crippen molar-refractivity contribution in [2.75, 3.05) is 33.3 Å². The van der Waals surface area contributed by atoms with Crippen molar-refractivity contribution in [3.63, 3.8) is 0 Å². The summed E-state index contributed by atoms with van der Waals surface area (Å²) in [5.74, 6) is 1.30. The second kappa shape index (κ2) is 8.27. The van der Waals surface area contributed by atoms with E-state index in [-0.39, 0.29) is 5.91 Å². The number of benzene rings is 2. The number of anilines is 1. The van der Waals surface area contributed by atoms with E-state index in [0.717, 1.165) is 5.69 Å². The Labute approximate surface area is 168 Å². The lowest BCUT2D eigenvalue weighted by atomic mass is 10.1. The molecule has 0 aliphatic carbocycles. The van der Waals surface area contributed by atoms with Crippen LogP contribution in [0, 0.1) is 0 Å². The molecule has 0 saturated carbocycles. The summed E-state index contributed by atoms with van der Waals surface area (Å²) in [6, 6.07) is 12.4. The molecule has 0 unspecified atom stereocenters. The maximum absolute atomic E-state index is 13.1. The van der Waals surface area contributed by atoms with Crippen LogP contribution >= 0.6 is 11.6 Å². The van der Waals surface area contributed by atoms with E-state index in [9.17, 15) is 4.79 Å². The van der Waals surface area contributed by atoms with Gasteiger partial charge in [0.15, 0.2) is 11.5 Å². The third-order valence-corrected chi connectivity index (χ3v) is 4.74. The maximum Gasteiger partial charge on any atom is 0.261 e. The molecule has 0 aliphatic heterocycles. The summed E-state index contributed by atoms with van der Waals surface area (Å²) < 4.78 is 17.9. The molecule has 3 aromatic rings. The second-order valence-corrected chi connectivity index (χ2v) is 6.40. The second-order valence-electron chi connectivity index (χ2n) is 6.00. The van der Waals surface area contributed by atoms with Crippen LogP contribution in [-0.2, 0) is 0 Å². The highest BCUT2D eigenvalue weighted by atomic mass is 35.5. The smallest absolute Gasteiger partial charge is 0.261 e. The van der Waals surface area contributed by atoms with Crippen LogP contribution in [0.4, 0.5) is 5.69 Å². The molecule has 0 radical (unpaired) electrons. The molecule has 0 spiro atoms. The summed E-state index contributed by atoms with van der Waals surface area (Å²) in [7, 11) is 6.31. The van der Waals surface area contributed by atoms with E-state index in [1.807, 2.05) is 29.1 Å². The van der Waals surface area contributed by atoms with Gasteiger partial charge in [-0.3, -0.25) is 4.79 Å². The van der Waals surface area contributed by atoms with Gasteiger partial charge in [0.1, 0.15) is 5.75 Å². The van der Waals surface area contributed by atoms with Crippen LogP contribution < -0.4 is 19.1 Å².